The monoisotopic (exact) mass is 268 g/mol. The average molecular weight is 268 g/mol. The van der Waals surface area contributed by atoms with Gasteiger partial charge in [-0.05, 0) is 26.0 Å². The number of nitrogens with one attached hydrogen (secondary N) is 1. The number of hydrogen-bond donors (Lipinski definition) is 2. The second-order valence-corrected chi connectivity index (χ2v) is 4.86. The van der Waals surface area contributed by atoms with E-state index in [1.165, 1.54) is 18.2 Å². The third-order valence-corrected chi connectivity index (χ3v) is 2.86. The van der Waals surface area contributed by atoms with Gasteiger partial charge in [-0.15, -0.1) is 0 Å². The Bertz CT molecular complexity index is 491. The zero-order valence-electron chi connectivity index (χ0n) is 10.9. The first-order chi connectivity index (χ1) is 8.89. The van der Waals surface area contributed by atoms with Crippen molar-refractivity contribution in [3.63, 3.8) is 0 Å². The lowest BCUT2D eigenvalue weighted by atomic mass is 10.1. The summed E-state index contributed by atoms with van der Waals surface area (Å²) in [5.41, 5.74) is 5.49. The van der Waals surface area contributed by atoms with E-state index in [1.807, 2.05) is 0 Å². The smallest absolute Gasteiger partial charge is 0.253 e. The maximum absolute atomic E-state index is 13.2. The molecule has 104 valence electrons. The van der Waals surface area contributed by atoms with Gasteiger partial charge in [0, 0.05) is 6.54 Å². The molecule has 2 rings (SSSR count). The number of ether oxygens (including phenoxy) is 2. The summed E-state index contributed by atoms with van der Waals surface area (Å²) in [5, 5.41) is 2.66. The second-order valence-electron chi connectivity index (χ2n) is 4.86. The summed E-state index contributed by atoms with van der Waals surface area (Å²) in [6.45, 7) is 4.31. The minimum atomic E-state index is -0.632. The van der Waals surface area contributed by atoms with Crippen molar-refractivity contribution >= 4 is 11.6 Å². The number of amides is 1. The Hall–Kier alpha value is -1.66. The molecule has 1 unspecified atom stereocenters. The van der Waals surface area contributed by atoms with E-state index in [-0.39, 0.29) is 23.9 Å². The Morgan fingerprint density at radius 2 is 2.32 bits per heavy atom. The standard InChI is InChI=1S/C13H17FN2O3/c1-13(2)18-7-8(19-13)6-16-12(17)9-4-3-5-10(14)11(9)15/h3-5,8H,6-7,15H2,1-2H3,(H,16,17). The van der Waals surface area contributed by atoms with Crippen LogP contribution in [-0.2, 0) is 9.47 Å². The van der Waals surface area contributed by atoms with Crippen LogP contribution >= 0.6 is 0 Å². The van der Waals surface area contributed by atoms with Crippen LogP contribution in [0.15, 0.2) is 18.2 Å². The van der Waals surface area contributed by atoms with Gasteiger partial charge in [0.15, 0.2) is 5.79 Å². The number of carbonyl (C=O) groups is 1. The molecule has 1 atom stereocenters. The summed E-state index contributed by atoms with van der Waals surface area (Å²) in [7, 11) is 0. The number of hydrogen-bond acceptors (Lipinski definition) is 4. The summed E-state index contributed by atoms with van der Waals surface area (Å²) >= 11 is 0. The molecule has 0 radical (unpaired) electrons. The van der Waals surface area contributed by atoms with E-state index in [0.717, 1.165) is 0 Å². The van der Waals surface area contributed by atoms with Crippen LogP contribution in [0.2, 0.25) is 0 Å². The zero-order valence-corrected chi connectivity index (χ0v) is 10.9. The maximum atomic E-state index is 13.2. The van der Waals surface area contributed by atoms with Crippen molar-refractivity contribution in [2.24, 2.45) is 0 Å². The molecule has 1 amide bonds. The normalized spacial score (nSPS) is 21.3. The molecule has 1 aliphatic rings. The summed E-state index contributed by atoms with van der Waals surface area (Å²) in [6.07, 6.45) is -0.214. The third kappa shape index (κ3) is 3.21. The molecule has 0 aromatic heterocycles. The van der Waals surface area contributed by atoms with Crippen molar-refractivity contribution in [1.82, 2.24) is 5.32 Å². The van der Waals surface area contributed by atoms with Crippen molar-refractivity contribution in [2.45, 2.75) is 25.7 Å². The molecular formula is C13H17FN2O3. The minimum absolute atomic E-state index is 0.123. The fraction of sp³-hybridized carbons (Fsp3) is 0.462. The predicted octanol–water partition coefficient (Wildman–Crippen LogP) is 1.29. The Morgan fingerprint density at radius 1 is 1.58 bits per heavy atom. The number of rotatable bonds is 3. The van der Waals surface area contributed by atoms with Crippen molar-refractivity contribution in [3.8, 4) is 0 Å². The van der Waals surface area contributed by atoms with E-state index >= 15 is 0 Å². The van der Waals surface area contributed by atoms with Crippen LogP contribution in [0.4, 0.5) is 10.1 Å². The Balaban J connectivity index is 1.93. The minimum Gasteiger partial charge on any atom is -0.396 e. The maximum Gasteiger partial charge on any atom is 0.253 e. The largest absolute Gasteiger partial charge is 0.396 e. The van der Waals surface area contributed by atoms with Crippen LogP contribution in [-0.4, -0.2) is 30.9 Å². The molecule has 1 aromatic carbocycles. The molecule has 0 spiro atoms. The highest BCUT2D eigenvalue weighted by Gasteiger charge is 2.32. The van der Waals surface area contributed by atoms with Gasteiger partial charge in [-0.3, -0.25) is 4.79 Å². The summed E-state index contributed by atoms with van der Waals surface area (Å²) in [6, 6.07) is 4.13. The highest BCUT2D eigenvalue weighted by atomic mass is 19.1. The number of benzene rings is 1. The summed E-state index contributed by atoms with van der Waals surface area (Å²) in [4.78, 5) is 11.9. The van der Waals surface area contributed by atoms with Gasteiger partial charge in [0.1, 0.15) is 11.9 Å². The summed E-state index contributed by atoms with van der Waals surface area (Å²) in [5.74, 6) is -1.66. The van der Waals surface area contributed by atoms with Gasteiger partial charge in [-0.25, -0.2) is 4.39 Å². The number of nitrogen functional groups attached to an aromatic ring is 1. The summed E-state index contributed by atoms with van der Waals surface area (Å²) < 4.78 is 24.2. The first-order valence-electron chi connectivity index (χ1n) is 6.03. The molecule has 1 aliphatic heterocycles. The first kappa shape index (κ1) is 13.8. The SMILES string of the molecule is CC1(C)OCC(CNC(=O)c2cccc(F)c2N)O1. The van der Waals surface area contributed by atoms with E-state index in [4.69, 9.17) is 15.2 Å². The number of para-hydroxylation sites is 1. The van der Waals surface area contributed by atoms with Gasteiger partial charge in [-0.1, -0.05) is 6.07 Å². The highest BCUT2D eigenvalue weighted by Crippen LogP contribution is 2.22. The Kier molecular flexibility index (Phi) is 3.73. The van der Waals surface area contributed by atoms with Crippen molar-refractivity contribution < 1.29 is 18.7 Å². The van der Waals surface area contributed by atoms with Crippen LogP contribution in [0.1, 0.15) is 24.2 Å². The van der Waals surface area contributed by atoms with Crippen LogP contribution in [0.3, 0.4) is 0 Å². The quantitative estimate of drug-likeness (QED) is 0.810. The molecule has 5 nitrogen and oxygen atoms in total. The van der Waals surface area contributed by atoms with E-state index < -0.39 is 17.5 Å². The lowest BCUT2D eigenvalue weighted by Crippen LogP contribution is -2.34. The first-order valence-corrected chi connectivity index (χ1v) is 6.03. The van der Waals surface area contributed by atoms with Gasteiger partial charge >= 0.3 is 0 Å². The third-order valence-electron chi connectivity index (χ3n) is 2.86. The van der Waals surface area contributed by atoms with E-state index in [2.05, 4.69) is 5.32 Å². The van der Waals surface area contributed by atoms with E-state index in [1.54, 1.807) is 13.8 Å². The van der Waals surface area contributed by atoms with Crippen molar-refractivity contribution in [1.29, 1.82) is 0 Å². The molecule has 19 heavy (non-hydrogen) atoms. The molecule has 3 N–H and O–H groups in total. The second kappa shape index (κ2) is 5.14. The highest BCUT2D eigenvalue weighted by molar-refractivity contribution is 5.99. The Morgan fingerprint density at radius 3 is 2.95 bits per heavy atom. The number of anilines is 1. The van der Waals surface area contributed by atoms with Crippen LogP contribution < -0.4 is 11.1 Å². The van der Waals surface area contributed by atoms with Gasteiger partial charge in [-0.2, -0.15) is 0 Å². The number of carbonyl (C=O) groups excluding carboxylic acids is 1. The fourth-order valence-corrected chi connectivity index (χ4v) is 1.90. The van der Waals surface area contributed by atoms with Crippen LogP contribution in [0, 0.1) is 5.82 Å². The lowest BCUT2D eigenvalue weighted by molar-refractivity contribution is -0.137. The molecular weight excluding hydrogens is 251 g/mol. The van der Waals surface area contributed by atoms with Gasteiger partial charge in [0.25, 0.3) is 5.91 Å². The van der Waals surface area contributed by atoms with Gasteiger partial charge < -0.3 is 20.5 Å². The average Bonchev–Trinajstić information content (AvgIpc) is 2.69. The van der Waals surface area contributed by atoms with Gasteiger partial charge in [0.05, 0.1) is 17.9 Å². The van der Waals surface area contributed by atoms with Crippen molar-refractivity contribution in [3.05, 3.63) is 29.6 Å². The number of nitrogens with two attached hydrogens (primary N) is 1. The molecule has 1 heterocycles. The molecule has 1 fully saturated rings. The molecule has 6 heteroatoms. The molecule has 1 saturated heterocycles. The molecule has 0 saturated carbocycles. The molecule has 1 aromatic rings. The Labute approximate surface area is 110 Å². The van der Waals surface area contributed by atoms with E-state index in [9.17, 15) is 9.18 Å². The van der Waals surface area contributed by atoms with Crippen LogP contribution in [0.25, 0.3) is 0 Å². The molecule has 0 aliphatic carbocycles. The number of halogens is 1. The predicted molar refractivity (Wildman–Crippen MR) is 68.0 cm³/mol. The zero-order chi connectivity index (χ0) is 14.0. The van der Waals surface area contributed by atoms with Crippen LogP contribution in [0.5, 0.6) is 0 Å². The van der Waals surface area contributed by atoms with Crippen molar-refractivity contribution in [2.75, 3.05) is 18.9 Å². The van der Waals surface area contributed by atoms with Gasteiger partial charge in [0.2, 0.25) is 0 Å². The topological polar surface area (TPSA) is 73.6 Å². The fourth-order valence-electron chi connectivity index (χ4n) is 1.90. The lowest BCUT2D eigenvalue weighted by Gasteiger charge is -2.17. The van der Waals surface area contributed by atoms with E-state index in [0.29, 0.717) is 6.61 Å². The molecule has 0 bridgehead atoms.